The number of carbonyl (C=O) groups is 1. The van der Waals surface area contributed by atoms with Crippen molar-refractivity contribution in [2.75, 3.05) is 13.7 Å². The van der Waals surface area contributed by atoms with Crippen molar-refractivity contribution in [2.24, 2.45) is 0 Å². The van der Waals surface area contributed by atoms with Gasteiger partial charge in [-0.2, -0.15) is 0 Å². The lowest BCUT2D eigenvalue weighted by Crippen LogP contribution is -2.27. The molecule has 0 radical (unpaired) electrons. The summed E-state index contributed by atoms with van der Waals surface area (Å²) >= 11 is 0. The largest absolute Gasteiger partial charge is 0.491 e. The molecule has 0 aliphatic rings. The van der Waals surface area contributed by atoms with Gasteiger partial charge >= 0.3 is 5.97 Å². The first kappa shape index (κ1) is 14.5. The molecule has 4 nitrogen and oxygen atoms in total. The highest BCUT2D eigenvalue weighted by molar-refractivity contribution is 5.77. The maximum Gasteiger partial charge on any atom is 0.327 e. The number of nitrogens with one attached hydrogen (secondary N) is 1. The van der Waals surface area contributed by atoms with Crippen LogP contribution in [0.5, 0.6) is 5.75 Å². The molecule has 0 spiro atoms. The van der Waals surface area contributed by atoms with Gasteiger partial charge in [0.15, 0.2) is 0 Å². The van der Waals surface area contributed by atoms with Gasteiger partial charge in [-0.25, -0.2) is 4.79 Å². The minimum absolute atomic E-state index is 0.107. The minimum Gasteiger partial charge on any atom is -0.491 e. The third-order valence-electron chi connectivity index (χ3n) is 2.37. The van der Waals surface area contributed by atoms with Gasteiger partial charge in [0, 0.05) is 0 Å². The number of hydrogen-bond acceptors (Lipinski definition) is 4. The number of ether oxygens (including phenoxy) is 2. The molecule has 1 rings (SSSR count). The molecule has 0 aliphatic heterocycles. The quantitative estimate of drug-likeness (QED) is 0.788. The third kappa shape index (κ3) is 4.04. The van der Waals surface area contributed by atoms with Gasteiger partial charge in [-0.1, -0.05) is 12.1 Å². The lowest BCUT2D eigenvalue weighted by Gasteiger charge is -2.17. The molecule has 0 fully saturated rings. The molecule has 0 heterocycles. The first-order valence-electron chi connectivity index (χ1n) is 6.19. The van der Waals surface area contributed by atoms with Crippen LogP contribution < -0.4 is 10.1 Å². The zero-order valence-corrected chi connectivity index (χ0v) is 11.4. The zero-order valence-electron chi connectivity index (χ0n) is 11.4. The molecule has 0 aromatic heterocycles. The van der Waals surface area contributed by atoms with Crippen LogP contribution in [0.1, 0.15) is 32.4 Å². The van der Waals surface area contributed by atoms with Crippen molar-refractivity contribution in [2.45, 2.75) is 32.9 Å². The second-order valence-corrected chi connectivity index (χ2v) is 4.21. The van der Waals surface area contributed by atoms with E-state index < -0.39 is 6.04 Å². The summed E-state index contributed by atoms with van der Waals surface area (Å²) in [5, 5.41) is 2.95. The zero-order chi connectivity index (χ0) is 13.5. The predicted molar refractivity (Wildman–Crippen MR) is 70.6 cm³/mol. The van der Waals surface area contributed by atoms with Crippen LogP contribution in [-0.4, -0.2) is 25.7 Å². The molecule has 1 aromatic carbocycles. The number of rotatable bonds is 6. The summed E-state index contributed by atoms with van der Waals surface area (Å²) in [7, 11) is 1.73. The Balaban J connectivity index is 2.88. The molecule has 0 bridgehead atoms. The maximum absolute atomic E-state index is 11.8. The molecule has 0 saturated heterocycles. The number of benzene rings is 1. The van der Waals surface area contributed by atoms with Crippen LogP contribution in [0.2, 0.25) is 0 Å². The van der Waals surface area contributed by atoms with E-state index in [0.717, 1.165) is 11.3 Å². The number of hydrogen-bond donors (Lipinski definition) is 1. The Bertz CT molecular complexity index is 390. The second-order valence-electron chi connectivity index (χ2n) is 4.21. The summed E-state index contributed by atoms with van der Waals surface area (Å²) in [5.74, 6) is 0.480. The second kappa shape index (κ2) is 7.01. The molecule has 1 aromatic rings. The number of esters is 1. The molecule has 0 amide bonds. The third-order valence-corrected chi connectivity index (χ3v) is 2.37. The average Bonchev–Trinajstić information content (AvgIpc) is 2.30. The van der Waals surface area contributed by atoms with Gasteiger partial charge in [0.1, 0.15) is 11.8 Å². The molecule has 1 N–H and O–H groups in total. The van der Waals surface area contributed by atoms with E-state index >= 15 is 0 Å². The SMILES string of the molecule is CCOC(=O)C(NC)c1cccc(OC(C)C)c1. The molecular weight excluding hydrogens is 230 g/mol. The van der Waals surface area contributed by atoms with Crippen LogP contribution in [0, 0.1) is 0 Å². The molecule has 4 heteroatoms. The highest BCUT2D eigenvalue weighted by Gasteiger charge is 2.20. The fraction of sp³-hybridized carbons (Fsp3) is 0.500. The van der Waals surface area contributed by atoms with E-state index in [0.29, 0.717) is 6.61 Å². The summed E-state index contributed by atoms with van der Waals surface area (Å²) in [4.78, 5) is 11.8. The minimum atomic E-state index is -0.458. The predicted octanol–water partition coefficient (Wildman–Crippen LogP) is 2.30. The Hall–Kier alpha value is -1.55. The summed E-state index contributed by atoms with van der Waals surface area (Å²) < 4.78 is 10.6. The van der Waals surface area contributed by atoms with Crippen molar-refractivity contribution < 1.29 is 14.3 Å². The van der Waals surface area contributed by atoms with Crippen molar-refractivity contribution in [3.05, 3.63) is 29.8 Å². The highest BCUT2D eigenvalue weighted by Crippen LogP contribution is 2.21. The van der Waals surface area contributed by atoms with E-state index in [1.54, 1.807) is 14.0 Å². The summed E-state index contributed by atoms with van der Waals surface area (Å²) in [6.07, 6.45) is 0.107. The normalized spacial score (nSPS) is 12.3. The van der Waals surface area contributed by atoms with E-state index in [1.165, 1.54) is 0 Å². The maximum atomic E-state index is 11.8. The van der Waals surface area contributed by atoms with E-state index in [1.807, 2.05) is 38.1 Å². The standard InChI is InChI=1S/C14H21NO3/c1-5-17-14(16)13(15-4)11-7-6-8-12(9-11)18-10(2)3/h6-10,13,15H,5H2,1-4H3. The molecule has 100 valence electrons. The Kier molecular flexibility index (Phi) is 5.65. The topological polar surface area (TPSA) is 47.6 Å². The van der Waals surface area contributed by atoms with E-state index in [-0.39, 0.29) is 12.1 Å². The highest BCUT2D eigenvalue weighted by atomic mass is 16.5. The van der Waals surface area contributed by atoms with Crippen molar-refractivity contribution >= 4 is 5.97 Å². The van der Waals surface area contributed by atoms with E-state index in [9.17, 15) is 4.79 Å². The van der Waals surface area contributed by atoms with Crippen LogP contribution in [-0.2, 0) is 9.53 Å². The van der Waals surface area contributed by atoms with Crippen LogP contribution in [0.4, 0.5) is 0 Å². The number of carbonyl (C=O) groups excluding carboxylic acids is 1. The Labute approximate surface area is 108 Å². The van der Waals surface area contributed by atoms with Crippen molar-refractivity contribution in [1.82, 2.24) is 5.32 Å². The monoisotopic (exact) mass is 251 g/mol. The lowest BCUT2D eigenvalue weighted by molar-refractivity contribution is -0.145. The molecular formula is C14H21NO3. The first-order chi connectivity index (χ1) is 8.58. The van der Waals surface area contributed by atoms with Crippen LogP contribution in [0.25, 0.3) is 0 Å². The lowest BCUT2D eigenvalue weighted by atomic mass is 10.1. The summed E-state index contributed by atoms with van der Waals surface area (Å²) in [6, 6.07) is 7.03. The van der Waals surface area contributed by atoms with Gasteiger partial charge in [0.2, 0.25) is 0 Å². The summed E-state index contributed by atoms with van der Waals surface area (Å²) in [5.41, 5.74) is 0.842. The van der Waals surface area contributed by atoms with E-state index in [2.05, 4.69) is 5.32 Å². The van der Waals surface area contributed by atoms with Crippen molar-refractivity contribution in [1.29, 1.82) is 0 Å². The fourth-order valence-corrected chi connectivity index (χ4v) is 1.69. The Morgan fingerprint density at radius 1 is 1.39 bits per heavy atom. The molecule has 1 unspecified atom stereocenters. The van der Waals surface area contributed by atoms with Crippen molar-refractivity contribution in [3.63, 3.8) is 0 Å². The molecule has 18 heavy (non-hydrogen) atoms. The smallest absolute Gasteiger partial charge is 0.327 e. The Morgan fingerprint density at radius 3 is 2.67 bits per heavy atom. The van der Waals surface area contributed by atoms with E-state index in [4.69, 9.17) is 9.47 Å². The van der Waals surface area contributed by atoms with Gasteiger partial charge in [-0.05, 0) is 45.5 Å². The van der Waals surface area contributed by atoms with Gasteiger partial charge in [-0.3, -0.25) is 0 Å². The van der Waals surface area contributed by atoms with Gasteiger partial charge in [-0.15, -0.1) is 0 Å². The molecule has 1 atom stereocenters. The van der Waals surface area contributed by atoms with Crippen LogP contribution in [0.15, 0.2) is 24.3 Å². The van der Waals surface area contributed by atoms with Gasteiger partial charge in [0.05, 0.1) is 12.7 Å². The fourth-order valence-electron chi connectivity index (χ4n) is 1.69. The Morgan fingerprint density at radius 2 is 2.11 bits per heavy atom. The number of likely N-dealkylation sites (N-methyl/N-ethyl adjacent to an activating group) is 1. The molecule has 0 saturated carbocycles. The molecule has 0 aliphatic carbocycles. The summed E-state index contributed by atoms with van der Waals surface area (Å²) in [6.45, 7) is 6.10. The van der Waals surface area contributed by atoms with Crippen LogP contribution in [0.3, 0.4) is 0 Å². The van der Waals surface area contributed by atoms with Gasteiger partial charge < -0.3 is 14.8 Å². The van der Waals surface area contributed by atoms with Gasteiger partial charge in [0.25, 0.3) is 0 Å². The first-order valence-corrected chi connectivity index (χ1v) is 6.19. The van der Waals surface area contributed by atoms with Crippen LogP contribution >= 0.6 is 0 Å². The average molecular weight is 251 g/mol. The van der Waals surface area contributed by atoms with Crippen molar-refractivity contribution in [3.8, 4) is 5.75 Å².